The molecule has 0 saturated heterocycles. The third-order valence-electron chi connectivity index (χ3n) is 2.10. The molecule has 0 aromatic rings. The minimum atomic E-state index is -0.324. The van der Waals surface area contributed by atoms with E-state index in [-0.39, 0.29) is 16.9 Å². The quantitative estimate of drug-likeness (QED) is 0.701. The summed E-state index contributed by atoms with van der Waals surface area (Å²) in [6, 6.07) is 2.21. The predicted molar refractivity (Wildman–Crippen MR) is 49.8 cm³/mol. The molecule has 1 aliphatic rings. The molecule has 0 aromatic carbocycles. The van der Waals surface area contributed by atoms with Crippen molar-refractivity contribution in [1.82, 2.24) is 5.32 Å². The van der Waals surface area contributed by atoms with Crippen molar-refractivity contribution in [1.29, 1.82) is 5.26 Å². The van der Waals surface area contributed by atoms with E-state index in [0.29, 0.717) is 6.42 Å². The van der Waals surface area contributed by atoms with Crippen LogP contribution < -0.4 is 5.32 Å². The first-order valence-corrected chi connectivity index (χ1v) is 4.59. The molecule has 0 radical (unpaired) electrons. The summed E-state index contributed by atoms with van der Waals surface area (Å²) in [7, 11) is 0. The van der Waals surface area contributed by atoms with Crippen molar-refractivity contribution in [3.8, 4) is 6.07 Å². The second-order valence-electron chi connectivity index (χ2n) is 4.87. The first-order valence-electron chi connectivity index (χ1n) is 4.59. The van der Waals surface area contributed by atoms with Crippen molar-refractivity contribution in [3.63, 3.8) is 0 Å². The van der Waals surface area contributed by atoms with Crippen molar-refractivity contribution in [2.24, 2.45) is 5.41 Å². The van der Waals surface area contributed by atoms with Gasteiger partial charge in [0.1, 0.15) is 0 Å². The van der Waals surface area contributed by atoms with E-state index in [9.17, 15) is 4.79 Å². The molecule has 72 valence electrons. The Balaban J connectivity index is 2.40. The zero-order valence-electron chi connectivity index (χ0n) is 8.48. The zero-order valence-corrected chi connectivity index (χ0v) is 8.48. The van der Waals surface area contributed by atoms with Crippen LogP contribution in [0, 0.1) is 16.7 Å². The molecule has 0 aliphatic heterocycles. The van der Waals surface area contributed by atoms with E-state index < -0.39 is 0 Å². The molecule has 0 heterocycles. The number of amides is 1. The van der Waals surface area contributed by atoms with Gasteiger partial charge in [-0.05, 0) is 33.6 Å². The van der Waals surface area contributed by atoms with E-state index in [1.165, 1.54) is 0 Å². The van der Waals surface area contributed by atoms with Crippen molar-refractivity contribution in [2.75, 3.05) is 0 Å². The maximum atomic E-state index is 11.4. The second kappa shape index (κ2) is 3.02. The molecule has 0 aromatic heterocycles. The van der Waals surface area contributed by atoms with Gasteiger partial charge in [-0.25, -0.2) is 0 Å². The van der Waals surface area contributed by atoms with Gasteiger partial charge >= 0.3 is 0 Å². The molecule has 1 N–H and O–H groups in total. The summed E-state index contributed by atoms with van der Waals surface area (Å²) in [5.41, 5.74) is -0.516. The molecule has 3 heteroatoms. The molecule has 0 atom stereocenters. The summed E-state index contributed by atoms with van der Waals surface area (Å²) in [4.78, 5) is 11.4. The Labute approximate surface area is 79.1 Å². The fraction of sp³-hybridized carbons (Fsp3) is 0.800. The molecule has 1 rings (SSSR count). The van der Waals surface area contributed by atoms with Gasteiger partial charge in [0.2, 0.25) is 5.91 Å². The lowest BCUT2D eigenvalue weighted by atomic mass is 10.0. The monoisotopic (exact) mass is 180 g/mol. The Kier molecular flexibility index (Phi) is 2.34. The van der Waals surface area contributed by atoms with Gasteiger partial charge in [-0.15, -0.1) is 0 Å². The SMILES string of the molecule is CC(C)(C)NC(=O)CC1(C#N)CC1. The highest BCUT2D eigenvalue weighted by Gasteiger charge is 2.45. The predicted octanol–water partition coefficient (Wildman–Crippen LogP) is 1.59. The van der Waals surface area contributed by atoms with Crippen LogP contribution in [0.25, 0.3) is 0 Å². The molecule has 1 aliphatic carbocycles. The third kappa shape index (κ3) is 3.06. The molecule has 0 bridgehead atoms. The smallest absolute Gasteiger partial charge is 0.222 e. The maximum absolute atomic E-state index is 11.4. The Morgan fingerprint density at radius 2 is 2.08 bits per heavy atom. The Hall–Kier alpha value is -1.04. The van der Waals surface area contributed by atoms with Crippen LogP contribution in [0.15, 0.2) is 0 Å². The summed E-state index contributed by atoms with van der Waals surface area (Å²) in [5, 5.41) is 11.6. The van der Waals surface area contributed by atoms with Crippen molar-refractivity contribution in [3.05, 3.63) is 0 Å². The van der Waals surface area contributed by atoms with Gasteiger partial charge in [0.15, 0.2) is 0 Å². The molecule has 3 nitrogen and oxygen atoms in total. The Bertz CT molecular complexity index is 253. The minimum Gasteiger partial charge on any atom is -0.351 e. The lowest BCUT2D eigenvalue weighted by Gasteiger charge is -2.21. The van der Waals surface area contributed by atoms with Crippen molar-refractivity contribution >= 4 is 5.91 Å². The highest BCUT2D eigenvalue weighted by atomic mass is 16.1. The molecule has 1 amide bonds. The lowest BCUT2D eigenvalue weighted by molar-refractivity contribution is -0.123. The number of carbonyl (C=O) groups excluding carboxylic acids is 1. The molecular formula is C10H16N2O. The molecule has 0 spiro atoms. The average molecular weight is 180 g/mol. The summed E-state index contributed by atoms with van der Waals surface area (Å²) in [5.74, 6) is -0.00782. The molecular weight excluding hydrogens is 164 g/mol. The van der Waals surface area contributed by atoms with Gasteiger partial charge < -0.3 is 5.32 Å². The van der Waals surface area contributed by atoms with E-state index in [2.05, 4.69) is 11.4 Å². The highest BCUT2D eigenvalue weighted by molar-refractivity contribution is 5.78. The fourth-order valence-corrected chi connectivity index (χ4v) is 1.25. The zero-order chi connectivity index (χ0) is 10.1. The normalized spacial score (nSPS) is 18.9. The third-order valence-corrected chi connectivity index (χ3v) is 2.10. The fourth-order valence-electron chi connectivity index (χ4n) is 1.25. The second-order valence-corrected chi connectivity index (χ2v) is 4.87. The summed E-state index contributed by atoms with van der Waals surface area (Å²) < 4.78 is 0. The Morgan fingerprint density at radius 3 is 2.38 bits per heavy atom. The largest absolute Gasteiger partial charge is 0.351 e. The summed E-state index contributed by atoms with van der Waals surface area (Å²) >= 11 is 0. The lowest BCUT2D eigenvalue weighted by Crippen LogP contribution is -2.41. The van der Waals surface area contributed by atoms with Gasteiger partial charge in [0, 0.05) is 12.0 Å². The first kappa shape index (κ1) is 10.0. The number of nitrogens with one attached hydrogen (secondary N) is 1. The number of carbonyl (C=O) groups is 1. The molecule has 1 saturated carbocycles. The average Bonchev–Trinajstić information content (AvgIpc) is 2.65. The maximum Gasteiger partial charge on any atom is 0.222 e. The number of hydrogen-bond acceptors (Lipinski definition) is 2. The van der Waals surface area contributed by atoms with Crippen LogP contribution in [0.3, 0.4) is 0 Å². The van der Waals surface area contributed by atoms with Gasteiger partial charge in [0.25, 0.3) is 0 Å². The highest BCUT2D eigenvalue weighted by Crippen LogP contribution is 2.47. The van der Waals surface area contributed by atoms with Crippen molar-refractivity contribution in [2.45, 2.75) is 45.6 Å². The van der Waals surface area contributed by atoms with Crippen LogP contribution in [0.5, 0.6) is 0 Å². The van der Waals surface area contributed by atoms with Gasteiger partial charge in [-0.2, -0.15) is 5.26 Å². The van der Waals surface area contributed by atoms with Crippen LogP contribution in [0.2, 0.25) is 0 Å². The van der Waals surface area contributed by atoms with Crippen LogP contribution in [0.1, 0.15) is 40.0 Å². The number of hydrogen-bond donors (Lipinski definition) is 1. The van der Waals surface area contributed by atoms with Crippen LogP contribution in [-0.4, -0.2) is 11.4 Å². The minimum absolute atomic E-state index is 0.00782. The van der Waals surface area contributed by atoms with E-state index in [4.69, 9.17) is 5.26 Å². The van der Waals surface area contributed by atoms with Crippen molar-refractivity contribution < 1.29 is 4.79 Å². The number of nitriles is 1. The first-order chi connectivity index (χ1) is 5.87. The van der Waals surface area contributed by atoms with Crippen LogP contribution in [0.4, 0.5) is 0 Å². The van der Waals surface area contributed by atoms with E-state index >= 15 is 0 Å². The summed E-state index contributed by atoms with van der Waals surface area (Å²) in [6.07, 6.45) is 2.11. The van der Waals surface area contributed by atoms with Gasteiger partial charge in [-0.1, -0.05) is 0 Å². The standard InChI is InChI=1S/C10H16N2O/c1-9(2,3)12-8(13)6-10(7-11)4-5-10/h4-6H2,1-3H3,(H,12,13). The topological polar surface area (TPSA) is 52.9 Å². The number of nitrogens with zero attached hydrogens (tertiary/aromatic N) is 1. The molecule has 0 unspecified atom stereocenters. The van der Waals surface area contributed by atoms with Gasteiger partial charge in [-0.3, -0.25) is 4.79 Å². The van der Waals surface area contributed by atoms with Crippen LogP contribution >= 0.6 is 0 Å². The van der Waals surface area contributed by atoms with E-state index in [0.717, 1.165) is 12.8 Å². The van der Waals surface area contributed by atoms with E-state index in [1.807, 2.05) is 20.8 Å². The molecule has 13 heavy (non-hydrogen) atoms. The molecule has 1 fully saturated rings. The summed E-state index contributed by atoms with van der Waals surface area (Å²) in [6.45, 7) is 5.82. The Morgan fingerprint density at radius 1 is 1.54 bits per heavy atom. The van der Waals surface area contributed by atoms with Gasteiger partial charge in [0.05, 0.1) is 11.5 Å². The van der Waals surface area contributed by atoms with Crippen LogP contribution in [-0.2, 0) is 4.79 Å². The number of rotatable bonds is 2. The van der Waals surface area contributed by atoms with E-state index in [1.54, 1.807) is 0 Å².